The molecule has 2 aromatic carbocycles. The smallest absolute Gasteiger partial charge is 0.263 e. The highest BCUT2D eigenvalue weighted by molar-refractivity contribution is 5.97. The number of para-hydroxylation sites is 2. The number of carbonyl (C=O) groups is 2. The monoisotopic (exact) mass is 421 g/mol. The highest BCUT2D eigenvalue weighted by Crippen LogP contribution is 2.30. The molecule has 160 valence electrons. The second-order valence-corrected chi connectivity index (χ2v) is 7.79. The largest absolute Gasteiger partial charge is 0.478 e. The van der Waals surface area contributed by atoms with E-state index in [-0.39, 0.29) is 17.6 Å². The topological polar surface area (TPSA) is 85.5 Å². The third-order valence-corrected chi connectivity index (χ3v) is 5.63. The van der Waals surface area contributed by atoms with Crippen LogP contribution in [0, 0.1) is 5.82 Å². The lowest BCUT2D eigenvalue weighted by Gasteiger charge is -2.34. The Kier molecular flexibility index (Phi) is 5.84. The summed E-state index contributed by atoms with van der Waals surface area (Å²) in [5.74, 6) is -1.35. The molecule has 0 radical (unpaired) electrons. The van der Waals surface area contributed by atoms with E-state index in [1.54, 1.807) is 30.0 Å². The predicted octanol–water partition coefficient (Wildman–Crippen LogP) is 3.65. The Bertz CT molecular complexity index is 1130. The minimum absolute atomic E-state index is 0.0455. The molecule has 3 aromatic rings. The van der Waals surface area contributed by atoms with E-state index in [0.717, 1.165) is 23.7 Å². The van der Waals surface area contributed by atoms with Crippen LogP contribution in [-0.2, 0) is 4.79 Å². The molecule has 2 heterocycles. The van der Waals surface area contributed by atoms with Gasteiger partial charge >= 0.3 is 0 Å². The van der Waals surface area contributed by atoms with Gasteiger partial charge in [0, 0.05) is 24.4 Å². The number of piperidine rings is 1. The maximum absolute atomic E-state index is 13.9. The standard InChI is InChI=1S/C24H24FN3O3/c1-15(31-21-11-5-3-9-19(21)25)24(30)28-12-6-8-17(14-28)22-18(23(26)29)13-16-7-2-4-10-20(16)27-22/h2-5,7,9-11,13,15,17H,6,8,12,14H2,1H3,(H2,26,29). The molecule has 2 atom stereocenters. The molecule has 2 unspecified atom stereocenters. The zero-order valence-corrected chi connectivity index (χ0v) is 17.3. The fraction of sp³-hybridized carbons (Fsp3) is 0.292. The number of carbonyl (C=O) groups excluding carboxylic acids is 2. The number of fused-ring (bicyclic) bond motifs is 1. The van der Waals surface area contributed by atoms with Crippen molar-refractivity contribution >= 4 is 22.7 Å². The van der Waals surface area contributed by atoms with Crippen LogP contribution in [0.1, 0.15) is 41.7 Å². The third kappa shape index (κ3) is 4.35. The van der Waals surface area contributed by atoms with E-state index in [2.05, 4.69) is 0 Å². The third-order valence-electron chi connectivity index (χ3n) is 5.63. The van der Waals surface area contributed by atoms with Crippen LogP contribution < -0.4 is 10.5 Å². The summed E-state index contributed by atoms with van der Waals surface area (Å²) < 4.78 is 19.4. The molecule has 2 N–H and O–H groups in total. The van der Waals surface area contributed by atoms with Crippen molar-refractivity contribution in [1.29, 1.82) is 0 Å². The van der Waals surface area contributed by atoms with Gasteiger partial charge in [-0.2, -0.15) is 0 Å². The molecule has 2 amide bonds. The zero-order valence-electron chi connectivity index (χ0n) is 17.3. The summed E-state index contributed by atoms with van der Waals surface area (Å²) in [4.78, 5) is 31.5. The van der Waals surface area contributed by atoms with Crippen molar-refractivity contribution in [2.45, 2.75) is 31.8 Å². The number of amides is 2. The first-order valence-electron chi connectivity index (χ1n) is 10.3. The number of aromatic nitrogens is 1. The lowest BCUT2D eigenvalue weighted by Crippen LogP contribution is -2.45. The summed E-state index contributed by atoms with van der Waals surface area (Å²) in [7, 11) is 0. The molecule has 31 heavy (non-hydrogen) atoms. The number of likely N-dealkylation sites (tertiary alicyclic amines) is 1. The Morgan fingerprint density at radius 2 is 1.94 bits per heavy atom. The van der Waals surface area contributed by atoms with Crippen LogP contribution in [-0.4, -0.2) is 40.9 Å². The number of nitrogens with two attached hydrogens (primary N) is 1. The molecule has 0 spiro atoms. The van der Waals surface area contributed by atoms with Gasteiger partial charge in [0.2, 0.25) is 0 Å². The molecule has 1 aliphatic heterocycles. The van der Waals surface area contributed by atoms with Crippen LogP contribution in [0.5, 0.6) is 5.75 Å². The molecule has 4 rings (SSSR count). The molecule has 0 aliphatic carbocycles. The van der Waals surface area contributed by atoms with Crippen LogP contribution in [0.3, 0.4) is 0 Å². The molecule has 0 saturated carbocycles. The van der Waals surface area contributed by atoms with Crippen LogP contribution in [0.2, 0.25) is 0 Å². The average Bonchev–Trinajstić information content (AvgIpc) is 2.79. The van der Waals surface area contributed by atoms with Gasteiger partial charge in [-0.05, 0) is 44.0 Å². The Labute approximate surface area is 179 Å². The summed E-state index contributed by atoms with van der Waals surface area (Å²) >= 11 is 0. The minimum Gasteiger partial charge on any atom is -0.478 e. The van der Waals surface area contributed by atoms with Gasteiger partial charge in [0.1, 0.15) is 0 Å². The Morgan fingerprint density at radius 3 is 2.71 bits per heavy atom. The first-order valence-corrected chi connectivity index (χ1v) is 10.3. The summed E-state index contributed by atoms with van der Waals surface area (Å²) in [6.07, 6.45) is 0.712. The van der Waals surface area contributed by atoms with Crippen molar-refractivity contribution in [2.75, 3.05) is 13.1 Å². The maximum Gasteiger partial charge on any atom is 0.263 e. The fourth-order valence-electron chi connectivity index (χ4n) is 4.08. The van der Waals surface area contributed by atoms with Gasteiger partial charge < -0.3 is 15.4 Å². The number of nitrogens with zero attached hydrogens (tertiary/aromatic N) is 2. The number of pyridine rings is 1. The molecule has 1 aliphatic rings. The zero-order chi connectivity index (χ0) is 22.0. The van der Waals surface area contributed by atoms with Crippen molar-refractivity contribution in [1.82, 2.24) is 9.88 Å². The molecule has 0 bridgehead atoms. The van der Waals surface area contributed by atoms with Gasteiger partial charge in [0.15, 0.2) is 17.7 Å². The van der Waals surface area contributed by atoms with E-state index in [0.29, 0.717) is 24.3 Å². The van der Waals surface area contributed by atoms with Gasteiger partial charge in [0.25, 0.3) is 11.8 Å². The second-order valence-electron chi connectivity index (χ2n) is 7.79. The second kappa shape index (κ2) is 8.71. The lowest BCUT2D eigenvalue weighted by molar-refractivity contribution is -0.139. The summed E-state index contributed by atoms with van der Waals surface area (Å²) in [6.45, 7) is 2.58. The fourth-order valence-corrected chi connectivity index (χ4v) is 4.08. The van der Waals surface area contributed by atoms with Crippen LogP contribution in [0.15, 0.2) is 54.6 Å². The Hall–Kier alpha value is -3.48. The maximum atomic E-state index is 13.9. The lowest BCUT2D eigenvalue weighted by atomic mass is 9.90. The number of primary amides is 1. The van der Waals surface area contributed by atoms with Gasteiger partial charge in [-0.25, -0.2) is 4.39 Å². The highest BCUT2D eigenvalue weighted by atomic mass is 19.1. The van der Waals surface area contributed by atoms with Crippen molar-refractivity contribution in [3.8, 4) is 5.75 Å². The molecular formula is C24H24FN3O3. The molecule has 6 nitrogen and oxygen atoms in total. The van der Waals surface area contributed by atoms with Crippen LogP contribution in [0.4, 0.5) is 4.39 Å². The van der Waals surface area contributed by atoms with Crippen molar-refractivity contribution < 1.29 is 18.7 Å². The first-order chi connectivity index (χ1) is 14.9. The SMILES string of the molecule is CC(Oc1ccccc1F)C(=O)N1CCCC(c2nc3ccccc3cc2C(N)=O)C1. The number of hydrogen-bond donors (Lipinski definition) is 1. The van der Waals surface area contributed by atoms with E-state index >= 15 is 0 Å². The van der Waals surface area contributed by atoms with Gasteiger partial charge in [-0.3, -0.25) is 14.6 Å². The van der Waals surface area contributed by atoms with Gasteiger partial charge in [-0.15, -0.1) is 0 Å². The number of halogens is 1. The predicted molar refractivity (Wildman–Crippen MR) is 115 cm³/mol. The average molecular weight is 421 g/mol. The number of hydrogen-bond acceptors (Lipinski definition) is 4. The molecule has 1 aromatic heterocycles. The number of benzene rings is 2. The molecule has 7 heteroatoms. The van der Waals surface area contributed by atoms with Gasteiger partial charge in [0.05, 0.1) is 16.8 Å². The Balaban J connectivity index is 1.56. The Morgan fingerprint density at radius 1 is 1.19 bits per heavy atom. The summed E-state index contributed by atoms with van der Waals surface area (Å²) in [5.41, 5.74) is 7.42. The van der Waals surface area contributed by atoms with Crippen molar-refractivity contribution in [3.63, 3.8) is 0 Å². The first kappa shape index (κ1) is 20.8. The van der Waals surface area contributed by atoms with Crippen LogP contribution >= 0.6 is 0 Å². The van der Waals surface area contributed by atoms with E-state index in [4.69, 9.17) is 15.5 Å². The normalized spacial score (nSPS) is 17.4. The highest BCUT2D eigenvalue weighted by Gasteiger charge is 2.31. The van der Waals surface area contributed by atoms with E-state index < -0.39 is 17.8 Å². The quantitative estimate of drug-likeness (QED) is 0.682. The molecule has 1 saturated heterocycles. The minimum atomic E-state index is -0.837. The van der Waals surface area contributed by atoms with E-state index in [1.807, 2.05) is 24.3 Å². The van der Waals surface area contributed by atoms with Gasteiger partial charge in [-0.1, -0.05) is 30.3 Å². The summed E-state index contributed by atoms with van der Waals surface area (Å²) in [6, 6.07) is 15.3. The van der Waals surface area contributed by atoms with E-state index in [9.17, 15) is 14.0 Å². The molecular weight excluding hydrogens is 397 g/mol. The van der Waals surface area contributed by atoms with Crippen LogP contribution in [0.25, 0.3) is 10.9 Å². The van der Waals surface area contributed by atoms with Crippen molar-refractivity contribution in [2.24, 2.45) is 5.73 Å². The number of ether oxygens (including phenoxy) is 1. The van der Waals surface area contributed by atoms with Crippen molar-refractivity contribution in [3.05, 3.63) is 71.7 Å². The summed E-state index contributed by atoms with van der Waals surface area (Å²) in [5, 5.41) is 0.843. The van der Waals surface area contributed by atoms with E-state index in [1.165, 1.54) is 12.1 Å². The molecule has 1 fully saturated rings. The number of rotatable bonds is 5.